The summed E-state index contributed by atoms with van der Waals surface area (Å²) in [6, 6.07) is 19.7. The lowest BCUT2D eigenvalue weighted by molar-refractivity contribution is 0.467. The minimum Gasteiger partial charge on any atom is -0.507 e. The third-order valence-corrected chi connectivity index (χ3v) is 5.07. The molecule has 3 aromatic carbocycles. The van der Waals surface area contributed by atoms with Gasteiger partial charge in [0, 0.05) is 46.8 Å². The standard InChI is InChI=1S/C24H23NO2/c1-4-25(5-2)17-11-13-20-23(15-17)27-22-14-16(3)10-12-19(22)24(20)18-8-6-7-9-21(18)26/h6-15,26H,3-5H2,1-2H3. The largest absolute Gasteiger partial charge is 0.507 e. The van der Waals surface area contributed by atoms with Gasteiger partial charge in [-0.2, -0.15) is 0 Å². The topological polar surface area (TPSA) is 32.7 Å². The molecular weight excluding hydrogens is 334 g/mol. The van der Waals surface area contributed by atoms with E-state index in [1.807, 2.05) is 36.4 Å². The summed E-state index contributed by atoms with van der Waals surface area (Å²) < 4.78 is 6.26. The highest BCUT2D eigenvalue weighted by atomic mass is 16.5. The number of hydrogen-bond acceptors (Lipinski definition) is 3. The Balaban J connectivity index is 2.02. The maximum Gasteiger partial charge on any atom is 0.137 e. The molecule has 0 fully saturated rings. The van der Waals surface area contributed by atoms with Crippen LogP contribution in [0.2, 0.25) is 0 Å². The Kier molecular flexibility index (Phi) is 4.36. The van der Waals surface area contributed by atoms with E-state index in [0.29, 0.717) is 0 Å². The Morgan fingerprint density at radius 2 is 1.67 bits per heavy atom. The van der Waals surface area contributed by atoms with Gasteiger partial charge in [-0.3, -0.25) is 0 Å². The van der Waals surface area contributed by atoms with E-state index in [4.69, 9.17) is 4.74 Å². The van der Waals surface area contributed by atoms with Crippen molar-refractivity contribution in [1.82, 2.24) is 0 Å². The lowest BCUT2D eigenvalue weighted by Gasteiger charge is -2.26. The van der Waals surface area contributed by atoms with Crippen molar-refractivity contribution in [2.45, 2.75) is 13.8 Å². The molecule has 1 N–H and O–H groups in total. The van der Waals surface area contributed by atoms with Gasteiger partial charge in [0.25, 0.3) is 0 Å². The lowest BCUT2D eigenvalue weighted by Crippen LogP contribution is -2.23. The maximum absolute atomic E-state index is 10.5. The summed E-state index contributed by atoms with van der Waals surface area (Å²) in [5, 5.41) is 12.4. The predicted molar refractivity (Wildman–Crippen MR) is 111 cm³/mol. The van der Waals surface area contributed by atoms with Crippen molar-refractivity contribution in [2.24, 2.45) is 0 Å². The SMILES string of the molecule is C=c1ccc2c(c1)Oc1cc(N(CC)CC)ccc1C=2c1ccccc1O. The highest BCUT2D eigenvalue weighted by Gasteiger charge is 2.22. The van der Waals surface area contributed by atoms with E-state index in [1.54, 1.807) is 6.07 Å². The number of benzene rings is 3. The number of para-hydroxylation sites is 1. The van der Waals surface area contributed by atoms with Crippen LogP contribution in [0.15, 0.2) is 60.7 Å². The number of ether oxygens (including phenoxy) is 1. The monoisotopic (exact) mass is 357 g/mol. The summed E-state index contributed by atoms with van der Waals surface area (Å²) in [7, 11) is 0. The van der Waals surface area contributed by atoms with Crippen LogP contribution in [0.3, 0.4) is 0 Å². The second-order valence-electron chi connectivity index (χ2n) is 6.68. The Bertz CT molecular complexity index is 1110. The van der Waals surface area contributed by atoms with Gasteiger partial charge in [-0.1, -0.05) is 36.9 Å². The van der Waals surface area contributed by atoms with E-state index in [9.17, 15) is 5.11 Å². The first-order valence-electron chi connectivity index (χ1n) is 9.31. The lowest BCUT2D eigenvalue weighted by atomic mass is 9.92. The average Bonchev–Trinajstić information content (AvgIpc) is 2.67. The minimum atomic E-state index is 0.262. The van der Waals surface area contributed by atoms with Gasteiger partial charge in [0.15, 0.2) is 0 Å². The number of hydrogen-bond donors (Lipinski definition) is 1. The van der Waals surface area contributed by atoms with Crippen molar-refractivity contribution < 1.29 is 9.84 Å². The fourth-order valence-corrected chi connectivity index (χ4v) is 3.68. The van der Waals surface area contributed by atoms with Crippen molar-refractivity contribution in [2.75, 3.05) is 18.0 Å². The zero-order chi connectivity index (χ0) is 19.0. The molecule has 3 nitrogen and oxygen atoms in total. The van der Waals surface area contributed by atoms with E-state index < -0.39 is 0 Å². The van der Waals surface area contributed by atoms with E-state index in [0.717, 1.165) is 57.4 Å². The van der Waals surface area contributed by atoms with Crippen LogP contribution in [-0.2, 0) is 0 Å². The summed E-state index contributed by atoms with van der Waals surface area (Å²) in [6.45, 7) is 10.2. The maximum atomic E-state index is 10.5. The molecule has 3 aromatic rings. The zero-order valence-electron chi connectivity index (χ0n) is 15.7. The molecule has 0 aliphatic carbocycles. The molecule has 0 saturated heterocycles. The molecule has 0 spiro atoms. The average molecular weight is 357 g/mol. The summed E-state index contributed by atoms with van der Waals surface area (Å²) >= 11 is 0. The molecule has 0 atom stereocenters. The number of phenolic OH excluding ortho intramolecular Hbond substituents is 1. The second kappa shape index (κ2) is 6.84. The third-order valence-electron chi connectivity index (χ3n) is 5.07. The molecule has 0 amide bonds. The highest BCUT2D eigenvalue weighted by Crippen LogP contribution is 2.40. The van der Waals surface area contributed by atoms with Crippen LogP contribution in [-0.4, -0.2) is 18.2 Å². The van der Waals surface area contributed by atoms with E-state index in [-0.39, 0.29) is 5.75 Å². The number of aromatic hydroxyl groups is 1. The van der Waals surface area contributed by atoms with Crippen LogP contribution < -0.4 is 20.1 Å². The number of rotatable bonds is 4. The van der Waals surface area contributed by atoms with Crippen LogP contribution >= 0.6 is 0 Å². The number of phenols is 1. The van der Waals surface area contributed by atoms with Crippen LogP contribution in [0, 0.1) is 0 Å². The van der Waals surface area contributed by atoms with Crippen molar-refractivity contribution in [3.8, 4) is 17.2 Å². The van der Waals surface area contributed by atoms with Gasteiger partial charge in [-0.25, -0.2) is 0 Å². The van der Waals surface area contributed by atoms with Gasteiger partial charge in [-0.15, -0.1) is 0 Å². The Labute approximate surface area is 159 Å². The first-order valence-corrected chi connectivity index (χ1v) is 9.31. The van der Waals surface area contributed by atoms with Gasteiger partial charge in [0.2, 0.25) is 0 Å². The van der Waals surface area contributed by atoms with Gasteiger partial charge in [0.1, 0.15) is 17.2 Å². The summed E-state index contributed by atoms with van der Waals surface area (Å²) in [4.78, 5) is 2.29. The first kappa shape index (κ1) is 17.2. The fraction of sp³-hybridized carbons (Fsp3) is 0.167. The van der Waals surface area contributed by atoms with E-state index in [1.165, 1.54) is 0 Å². The molecule has 1 aliphatic heterocycles. The van der Waals surface area contributed by atoms with Crippen molar-refractivity contribution >= 4 is 17.8 Å². The minimum absolute atomic E-state index is 0.262. The molecule has 27 heavy (non-hydrogen) atoms. The zero-order valence-corrected chi connectivity index (χ0v) is 15.7. The molecule has 1 heterocycles. The van der Waals surface area contributed by atoms with E-state index in [2.05, 4.69) is 43.5 Å². The molecule has 0 bridgehead atoms. The molecule has 4 rings (SSSR count). The fourth-order valence-electron chi connectivity index (χ4n) is 3.68. The van der Waals surface area contributed by atoms with Crippen molar-refractivity contribution in [3.63, 3.8) is 0 Å². The molecule has 3 heteroatoms. The second-order valence-corrected chi connectivity index (χ2v) is 6.68. The molecular formula is C24H23NO2. The smallest absolute Gasteiger partial charge is 0.137 e. The highest BCUT2D eigenvalue weighted by molar-refractivity contribution is 5.88. The van der Waals surface area contributed by atoms with Gasteiger partial charge >= 0.3 is 0 Å². The normalized spacial score (nSPS) is 12.1. The Morgan fingerprint density at radius 3 is 2.41 bits per heavy atom. The third kappa shape index (κ3) is 2.95. The molecule has 1 aliphatic rings. The number of anilines is 1. The van der Waals surface area contributed by atoms with Gasteiger partial charge in [-0.05, 0) is 43.3 Å². The summed E-state index contributed by atoms with van der Waals surface area (Å²) in [5.74, 6) is 1.83. The molecule has 136 valence electrons. The number of fused-ring (bicyclic) bond motifs is 2. The van der Waals surface area contributed by atoms with Gasteiger partial charge < -0.3 is 14.7 Å². The molecule has 0 saturated carbocycles. The van der Waals surface area contributed by atoms with Crippen LogP contribution in [0.5, 0.6) is 17.2 Å². The van der Waals surface area contributed by atoms with Crippen LogP contribution in [0.25, 0.3) is 12.2 Å². The number of nitrogens with zero attached hydrogens (tertiary/aromatic N) is 1. The Morgan fingerprint density at radius 1 is 0.889 bits per heavy atom. The first-order chi connectivity index (χ1) is 13.1. The van der Waals surface area contributed by atoms with Crippen molar-refractivity contribution in [1.29, 1.82) is 0 Å². The summed E-state index contributed by atoms with van der Waals surface area (Å²) in [5.41, 5.74) is 3.90. The summed E-state index contributed by atoms with van der Waals surface area (Å²) in [6.07, 6.45) is 0. The van der Waals surface area contributed by atoms with Crippen molar-refractivity contribution in [3.05, 3.63) is 82.2 Å². The molecule has 0 unspecified atom stereocenters. The molecule has 0 radical (unpaired) electrons. The Hall–Kier alpha value is -3.20. The quantitative estimate of drug-likeness (QED) is 0.599. The predicted octanol–water partition coefficient (Wildman–Crippen LogP) is 4.00. The van der Waals surface area contributed by atoms with Crippen LogP contribution in [0.1, 0.15) is 25.0 Å². The molecule has 0 aromatic heterocycles. The van der Waals surface area contributed by atoms with Gasteiger partial charge in [0.05, 0.1) is 0 Å². The van der Waals surface area contributed by atoms with E-state index >= 15 is 0 Å². The van der Waals surface area contributed by atoms with Crippen LogP contribution in [0.4, 0.5) is 5.69 Å².